The van der Waals surface area contributed by atoms with Crippen molar-refractivity contribution < 1.29 is 8.78 Å². The van der Waals surface area contributed by atoms with Gasteiger partial charge >= 0.3 is 0 Å². The highest BCUT2D eigenvalue weighted by Crippen LogP contribution is 2.28. The van der Waals surface area contributed by atoms with Crippen molar-refractivity contribution in [2.45, 2.75) is 6.42 Å². The topological polar surface area (TPSA) is 43.1 Å². The summed E-state index contributed by atoms with van der Waals surface area (Å²) in [6.07, 6.45) is 0.310. The highest BCUT2D eigenvalue weighted by Gasteiger charge is 2.16. The second-order valence-electron chi connectivity index (χ2n) is 5.15. The lowest BCUT2D eigenvalue weighted by atomic mass is 10.1. The van der Waals surface area contributed by atoms with Gasteiger partial charge in [0.05, 0.1) is 5.02 Å². The van der Waals surface area contributed by atoms with Crippen LogP contribution in [0.5, 0.6) is 0 Å². The lowest BCUT2D eigenvalue weighted by Crippen LogP contribution is -1.95. The summed E-state index contributed by atoms with van der Waals surface area (Å²) in [6.45, 7) is 0. The van der Waals surface area contributed by atoms with Gasteiger partial charge in [0.1, 0.15) is 16.6 Å². The summed E-state index contributed by atoms with van der Waals surface area (Å²) >= 11 is 7.51. The number of aromatic nitrogens is 4. The summed E-state index contributed by atoms with van der Waals surface area (Å²) in [6, 6.07) is 10.7. The number of rotatable bonds is 3. The van der Waals surface area contributed by atoms with Crippen molar-refractivity contribution in [2.24, 2.45) is 0 Å². The number of halogens is 3. The normalized spacial score (nSPS) is 11.3. The molecule has 0 saturated heterocycles. The monoisotopic (exact) mass is 362 g/mol. The SMILES string of the molecule is Fc1cc(F)cc(Cc2nn3c(-c4ccccc4Cl)nnc3s2)c1. The fourth-order valence-corrected chi connectivity index (χ4v) is 3.51. The molecule has 0 spiro atoms. The Hall–Kier alpha value is -2.38. The first kappa shape index (κ1) is 15.2. The molecular weight excluding hydrogens is 354 g/mol. The highest BCUT2D eigenvalue weighted by atomic mass is 35.5. The quantitative estimate of drug-likeness (QED) is 0.543. The number of nitrogens with zero attached hydrogens (tertiary/aromatic N) is 4. The molecule has 4 aromatic rings. The molecule has 2 aromatic heterocycles. The molecule has 0 fully saturated rings. The molecule has 0 saturated carbocycles. The summed E-state index contributed by atoms with van der Waals surface area (Å²) in [5.41, 5.74) is 1.23. The van der Waals surface area contributed by atoms with E-state index in [4.69, 9.17) is 11.6 Å². The lowest BCUT2D eigenvalue weighted by molar-refractivity contribution is 0.580. The average Bonchev–Trinajstić information content (AvgIpc) is 3.07. The van der Waals surface area contributed by atoms with Crippen LogP contribution in [0.3, 0.4) is 0 Å². The number of hydrogen-bond acceptors (Lipinski definition) is 4. The highest BCUT2D eigenvalue weighted by molar-refractivity contribution is 7.16. The standard InChI is InChI=1S/C16H9ClF2N4S/c17-13-4-2-1-3-12(13)15-20-21-16-23(15)22-14(24-16)7-9-5-10(18)8-11(19)6-9/h1-6,8H,7H2. The van der Waals surface area contributed by atoms with Crippen LogP contribution >= 0.6 is 22.9 Å². The third-order valence-corrected chi connectivity index (χ3v) is 4.65. The molecule has 4 rings (SSSR count). The van der Waals surface area contributed by atoms with Crippen molar-refractivity contribution in [2.75, 3.05) is 0 Å². The third kappa shape index (κ3) is 2.76. The van der Waals surface area contributed by atoms with Gasteiger partial charge < -0.3 is 0 Å². The van der Waals surface area contributed by atoms with Gasteiger partial charge in [0, 0.05) is 18.1 Å². The Morgan fingerprint density at radius 3 is 2.54 bits per heavy atom. The van der Waals surface area contributed by atoms with Crippen LogP contribution in [0.2, 0.25) is 5.02 Å². The van der Waals surface area contributed by atoms with Gasteiger partial charge in [0.25, 0.3) is 0 Å². The van der Waals surface area contributed by atoms with E-state index in [9.17, 15) is 8.78 Å². The van der Waals surface area contributed by atoms with E-state index in [2.05, 4.69) is 15.3 Å². The zero-order valence-electron chi connectivity index (χ0n) is 12.1. The van der Waals surface area contributed by atoms with E-state index in [-0.39, 0.29) is 0 Å². The Morgan fingerprint density at radius 1 is 1.04 bits per heavy atom. The molecule has 0 unspecified atom stereocenters. The van der Waals surface area contributed by atoms with Crippen molar-refractivity contribution in [3.8, 4) is 11.4 Å². The van der Waals surface area contributed by atoms with E-state index in [0.29, 0.717) is 32.8 Å². The van der Waals surface area contributed by atoms with E-state index in [1.165, 1.54) is 23.5 Å². The van der Waals surface area contributed by atoms with Gasteiger partial charge in [-0.3, -0.25) is 0 Å². The van der Waals surface area contributed by atoms with Gasteiger partial charge in [-0.2, -0.15) is 9.61 Å². The first-order valence-corrected chi connectivity index (χ1v) is 8.20. The predicted molar refractivity (Wildman–Crippen MR) is 88.3 cm³/mol. The number of benzene rings is 2. The zero-order chi connectivity index (χ0) is 16.7. The molecule has 0 N–H and O–H groups in total. The smallest absolute Gasteiger partial charge is 0.207 e. The minimum absolute atomic E-state index is 0.310. The van der Waals surface area contributed by atoms with Crippen molar-refractivity contribution in [1.82, 2.24) is 19.8 Å². The average molecular weight is 363 g/mol. The molecule has 2 heterocycles. The van der Waals surface area contributed by atoms with Crippen LogP contribution in [0.25, 0.3) is 16.3 Å². The van der Waals surface area contributed by atoms with E-state index in [1.807, 2.05) is 18.2 Å². The zero-order valence-corrected chi connectivity index (χ0v) is 13.7. The van der Waals surface area contributed by atoms with E-state index in [0.717, 1.165) is 11.6 Å². The van der Waals surface area contributed by atoms with E-state index >= 15 is 0 Å². The van der Waals surface area contributed by atoms with Crippen molar-refractivity contribution >= 4 is 27.9 Å². The number of fused-ring (bicyclic) bond motifs is 1. The van der Waals surface area contributed by atoms with Crippen LogP contribution in [-0.4, -0.2) is 19.8 Å². The first-order chi connectivity index (χ1) is 11.6. The lowest BCUT2D eigenvalue weighted by Gasteiger charge is -2.00. The minimum Gasteiger partial charge on any atom is -0.207 e. The predicted octanol–water partition coefficient (Wildman–Crippen LogP) is 4.38. The van der Waals surface area contributed by atoms with Crippen molar-refractivity contribution in [3.05, 3.63) is 69.7 Å². The van der Waals surface area contributed by atoms with Gasteiger partial charge in [-0.25, -0.2) is 8.78 Å². The van der Waals surface area contributed by atoms with Gasteiger partial charge in [-0.15, -0.1) is 10.2 Å². The molecule has 120 valence electrons. The largest absolute Gasteiger partial charge is 0.234 e. The minimum atomic E-state index is -0.607. The molecule has 2 aromatic carbocycles. The second-order valence-corrected chi connectivity index (χ2v) is 6.60. The molecule has 8 heteroatoms. The first-order valence-electron chi connectivity index (χ1n) is 7.01. The van der Waals surface area contributed by atoms with Gasteiger partial charge in [-0.1, -0.05) is 35.1 Å². The summed E-state index contributed by atoms with van der Waals surface area (Å²) in [5.74, 6) is -0.682. The van der Waals surface area contributed by atoms with Crippen molar-refractivity contribution in [3.63, 3.8) is 0 Å². The van der Waals surface area contributed by atoms with Crippen LogP contribution < -0.4 is 0 Å². The summed E-state index contributed by atoms with van der Waals surface area (Å²) in [5, 5.41) is 13.9. The molecule has 0 aliphatic carbocycles. The van der Waals surface area contributed by atoms with E-state index < -0.39 is 11.6 Å². The van der Waals surface area contributed by atoms with Crippen molar-refractivity contribution in [1.29, 1.82) is 0 Å². The maximum Gasteiger partial charge on any atom is 0.234 e. The number of hydrogen-bond donors (Lipinski definition) is 0. The third-order valence-electron chi connectivity index (χ3n) is 3.43. The molecular formula is C16H9ClF2N4S. The van der Waals surface area contributed by atoms with Crippen LogP contribution in [0, 0.1) is 11.6 Å². The molecule has 0 amide bonds. The Kier molecular flexibility index (Phi) is 3.74. The fourth-order valence-electron chi connectivity index (χ4n) is 2.43. The Morgan fingerprint density at radius 2 is 1.79 bits per heavy atom. The van der Waals surface area contributed by atoms with Crippen LogP contribution in [0.1, 0.15) is 10.6 Å². The molecule has 0 aliphatic heterocycles. The maximum absolute atomic E-state index is 13.3. The van der Waals surface area contributed by atoms with Gasteiger partial charge in [0.2, 0.25) is 4.96 Å². The Balaban J connectivity index is 1.73. The molecule has 0 aliphatic rings. The van der Waals surface area contributed by atoms with Crippen LogP contribution in [-0.2, 0) is 6.42 Å². The molecule has 0 radical (unpaired) electrons. The van der Waals surface area contributed by atoms with Gasteiger partial charge in [0.15, 0.2) is 5.82 Å². The maximum atomic E-state index is 13.3. The van der Waals surface area contributed by atoms with Gasteiger partial charge in [-0.05, 0) is 29.8 Å². The van der Waals surface area contributed by atoms with E-state index in [1.54, 1.807) is 10.6 Å². The summed E-state index contributed by atoms with van der Waals surface area (Å²) in [4.78, 5) is 0.594. The van der Waals surface area contributed by atoms with Crippen LogP contribution in [0.4, 0.5) is 8.78 Å². The molecule has 24 heavy (non-hydrogen) atoms. The summed E-state index contributed by atoms with van der Waals surface area (Å²) in [7, 11) is 0. The summed E-state index contributed by atoms with van der Waals surface area (Å²) < 4.78 is 28.2. The second kappa shape index (κ2) is 5.92. The molecule has 4 nitrogen and oxygen atoms in total. The Bertz CT molecular complexity index is 1020. The fraction of sp³-hybridized carbons (Fsp3) is 0.0625. The molecule has 0 bridgehead atoms. The Labute approximate surface area is 144 Å². The van der Waals surface area contributed by atoms with Crippen LogP contribution in [0.15, 0.2) is 42.5 Å². The molecule has 0 atom stereocenters.